The number of ketones is 1. The second-order valence-corrected chi connectivity index (χ2v) is 9.13. The van der Waals surface area contributed by atoms with Gasteiger partial charge in [0.2, 0.25) is 0 Å². The summed E-state index contributed by atoms with van der Waals surface area (Å²) >= 11 is 0. The maximum Gasteiger partial charge on any atom is 0.161 e. The highest BCUT2D eigenvalue weighted by molar-refractivity contribution is 5.93. The van der Waals surface area contributed by atoms with E-state index in [2.05, 4.69) is 13.8 Å². The molecule has 2 N–H and O–H groups in total. The summed E-state index contributed by atoms with van der Waals surface area (Å²) in [6.45, 7) is 4.63. The molecule has 0 spiro atoms. The first-order valence-electron chi connectivity index (χ1n) is 9.44. The Hall–Kier alpha value is -0.670. The van der Waals surface area contributed by atoms with Crippen LogP contribution in [-0.2, 0) is 4.79 Å². The smallest absolute Gasteiger partial charge is 0.161 e. The van der Waals surface area contributed by atoms with Gasteiger partial charge in [0.25, 0.3) is 0 Å². The molecule has 0 amide bonds. The zero-order chi connectivity index (χ0) is 16.4. The highest BCUT2D eigenvalue weighted by Gasteiger charge is 2.59. The lowest BCUT2D eigenvalue weighted by Crippen LogP contribution is -2.52. The van der Waals surface area contributed by atoms with Gasteiger partial charge in [-0.2, -0.15) is 0 Å². The normalized spacial score (nSPS) is 52.4. The molecule has 3 heteroatoms. The van der Waals surface area contributed by atoms with Crippen molar-refractivity contribution in [3.63, 3.8) is 0 Å². The second-order valence-electron chi connectivity index (χ2n) is 9.13. The van der Waals surface area contributed by atoms with Crippen LogP contribution >= 0.6 is 0 Å². The Morgan fingerprint density at radius 1 is 1.17 bits per heavy atom. The fourth-order valence-corrected chi connectivity index (χ4v) is 6.88. The summed E-state index contributed by atoms with van der Waals surface area (Å²) < 4.78 is 0. The number of hydrogen-bond acceptors (Lipinski definition) is 3. The van der Waals surface area contributed by atoms with Gasteiger partial charge in [-0.3, -0.25) is 4.79 Å². The van der Waals surface area contributed by atoms with Crippen molar-refractivity contribution in [1.29, 1.82) is 0 Å². The molecule has 0 aromatic rings. The molecule has 0 radical (unpaired) electrons. The SMILES string of the molecule is C[C@]12CC[C@H]3[C@@H](CCC4=CC(=O)C(CO)C[C@@]43C)[C@@H]1CC[C@@H]2O. The van der Waals surface area contributed by atoms with Crippen LogP contribution in [0.15, 0.2) is 11.6 Å². The van der Waals surface area contributed by atoms with Gasteiger partial charge in [-0.25, -0.2) is 0 Å². The average Bonchev–Trinajstić information content (AvgIpc) is 2.83. The lowest BCUT2D eigenvalue weighted by atomic mass is 9.46. The molecule has 1 unspecified atom stereocenters. The summed E-state index contributed by atoms with van der Waals surface area (Å²) in [5.74, 6) is 1.87. The lowest BCUT2D eigenvalue weighted by molar-refractivity contribution is -0.124. The third-order valence-electron chi connectivity index (χ3n) is 8.30. The maximum absolute atomic E-state index is 12.2. The Morgan fingerprint density at radius 2 is 1.96 bits per heavy atom. The van der Waals surface area contributed by atoms with Crippen molar-refractivity contribution in [1.82, 2.24) is 0 Å². The summed E-state index contributed by atoms with van der Waals surface area (Å²) in [6, 6.07) is 0. The lowest BCUT2D eigenvalue weighted by Gasteiger charge is -2.58. The number of rotatable bonds is 1. The van der Waals surface area contributed by atoms with Gasteiger partial charge in [0.15, 0.2) is 5.78 Å². The van der Waals surface area contributed by atoms with E-state index in [0.29, 0.717) is 17.8 Å². The summed E-state index contributed by atoms with van der Waals surface area (Å²) in [4.78, 5) is 12.2. The van der Waals surface area contributed by atoms with Crippen LogP contribution in [0.4, 0.5) is 0 Å². The van der Waals surface area contributed by atoms with E-state index in [1.54, 1.807) is 0 Å². The van der Waals surface area contributed by atoms with Gasteiger partial charge in [-0.05, 0) is 79.6 Å². The first kappa shape index (κ1) is 15.8. The van der Waals surface area contributed by atoms with Crippen molar-refractivity contribution in [3.8, 4) is 0 Å². The van der Waals surface area contributed by atoms with Crippen LogP contribution in [0.3, 0.4) is 0 Å². The summed E-state index contributed by atoms with van der Waals surface area (Å²) in [7, 11) is 0. The van der Waals surface area contributed by atoms with Gasteiger partial charge in [0, 0.05) is 5.92 Å². The molecule has 4 aliphatic carbocycles. The van der Waals surface area contributed by atoms with E-state index in [4.69, 9.17) is 0 Å². The summed E-state index contributed by atoms with van der Waals surface area (Å²) in [5.41, 5.74) is 1.54. The van der Waals surface area contributed by atoms with Gasteiger partial charge in [0.05, 0.1) is 12.7 Å². The predicted octanol–water partition coefficient (Wildman–Crippen LogP) is 3.10. The van der Waals surface area contributed by atoms with Crippen LogP contribution in [0.1, 0.15) is 58.8 Å². The molecule has 0 aromatic carbocycles. The number of aliphatic hydroxyl groups is 2. The molecule has 3 fully saturated rings. The molecule has 3 nitrogen and oxygen atoms in total. The minimum Gasteiger partial charge on any atom is -0.396 e. The maximum atomic E-state index is 12.2. The molecule has 0 heterocycles. The Kier molecular flexibility index (Phi) is 3.55. The Morgan fingerprint density at radius 3 is 2.70 bits per heavy atom. The number of aliphatic hydroxyl groups excluding tert-OH is 2. The van der Waals surface area contributed by atoms with E-state index in [1.807, 2.05) is 6.08 Å². The highest BCUT2D eigenvalue weighted by Crippen LogP contribution is 2.65. The van der Waals surface area contributed by atoms with Gasteiger partial charge in [0.1, 0.15) is 0 Å². The summed E-state index contributed by atoms with van der Waals surface area (Å²) in [5, 5.41) is 20.1. The van der Waals surface area contributed by atoms with Gasteiger partial charge < -0.3 is 10.2 Å². The molecular formula is C20H30O3. The van der Waals surface area contributed by atoms with Crippen molar-refractivity contribution >= 4 is 5.78 Å². The fraction of sp³-hybridized carbons (Fsp3) is 0.850. The number of carbonyl (C=O) groups is 1. The van der Waals surface area contributed by atoms with Crippen molar-refractivity contribution in [2.45, 2.75) is 64.9 Å². The standard InChI is InChI=1S/C20H30O3/c1-19-8-7-16-14(15(19)5-6-18(19)23)4-3-13-9-17(22)12(11-21)10-20(13,16)2/h9,12,14-16,18,21,23H,3-8,10-11H2,1-2H3/t12?,14-,15-,16-,18-,19-,20-/m0/s1. The van der Waals surface area contributed by atoms with Crippen LogP contribution < -0.4 is 0 Å². The van der Waals surface area contributed by atoms with E-state index in [0.717, 1.165) is 38.5 Å². The van der Waals surface area contributed by atoms with Crippen LogP contribution in [0.2, 0.25) is 0 Å². The minimum absolute atomic E-state index is 0.0184. The third kappa shape index (κ3) is 2.05. The van der Waals surface area contributed by atoms with Crippen molar-refractivity contribution in [2.24, 2.45) is 34.5 Å². The zero-order valence-corrected chi connectivity index (χ0v) is 14.4. The first-order chi connectivity index (χ1) is 10.9. The number of hydrogen-bond donors (Lipinski definition) is 2. The Bertz CT molecular complexity index is 553. The molecule has 0 aromatic heterocycles. The van der Waals surface area contributed by atoms with Crippen LogP contribution in [0, 0.1) is 34.5 Å². The second kappa shape index (κ2) is 5.16. The van der Waals surface area contributed by atoms with E-state index < -0.39 is 0 Å². The van der Waals surface area contributed by atoms with E-state index in [9.17, 15) is 15.0 Å². The quantitative estimate of drug-likeness (QED) is 0.781. The molecule has 0 saturated heterocycles. The largest absolute Gasteiger partial charge is 0.396 e. The first-order valence-corrected chi connectivity index (χ1v) is 9.44. The molecule has 0 aliphatic heterocycles. The average molecular weight is 318 g/mol. The topological polar surface area (TPSA) is 57.5 Å². The Balaban J connectivity index is 1.68. The fourth-order valence-electron chi connectivity index (χ4n) is 6.88. The monoisotopic (exact) mass is 318 g/mol. The van der Waals surface area contributed by atoms with Gasteiger partial charge in [-0.15, -0.1) is 0 Å². The number of fused-ring (bicyclic) bond motifs is 5. The van der Waals surface area contributed by atoms with Crippen molar-refractivity contribution < 1.29 is 15.0 Å². The van der Waals surface area contributed by atoms with Gasteiger partial charge in [-0.1, -0.05) is 19.4 Å². The minimum atomic E-state index is -0.204. The molecule has 4 aliphatic rings. The molecule has 23 heavy (non-hydrogen) atoms. The number of allylic oxidation sites excluding steroid dienone is 1. The third-order valence-corrected chi connectivity index (χ3v) is 8.30. The zero-order valence-electron chi connectivity index (χ0n) is 14.4. The summed E-state index contributed by atoms with van der Waals surface area (Å²) in [6.07, 6.45) is 9.17. The molecule has 7 atom stereocenters. The Labute approximate surface area is 139 Å². The molecule has 0 bridgehead atoms. The van der Waals surface area contributed by atoms with Crippen LogP contribution in [-0.4, -0.2) is 28.7 Å². The van der Waals surface area contributed by atoms with Gasteiger partial charge >= 0.3 is 0 Å². The van der Waals surface area contributed by atoms with E-state index >= 15 is 0 Å². The van der Waals surface area contributed by atoms with Crippen molar-refractivity contribution in [3.05, 3.63) is 11.6 Å². The molecular weight excluding hydrogens is 288 g/mol. The molecule has 3 saturated carbocycles. The highest BCUT2D eigenvalue weighted by atomic mass is 16.3. The van der Waals surface area contributed by atoms with Crippen LogP contribution in [0.25, 0.3) is 0 Å². The van der Waals surface area contributed by atoms with Crippen molar-refractivity contribution in [2.75, 3.05) is 6.61 Å². The van der Waals surface area contributed by atoms with Crippen LogP contribution in [0.5, 0.6) is 0 Å². The molecule has 128 valence electrons. The van der Waals surface area contributed by atoms with E-state index in [-0.39, 0.29) is 35.2 Å². The molecule has 4 rings (SSSR count). The number of carbonyl (C=O) groups excluding carboxylic acids is 1. The van der Waals surface area contributed by atoms with E-state index in [1.165, 1.54) is 12.0 Å². The predicted molar refractivity (Wildman–Crippen MR) is 88.7 cm³/mol.